The van der Waals surface area contributed by atoms with Crippen LogP contribution in [0.4, 0.5) is 0 Å². The minimum Gasteiger partial charge on any atom is -0.459 e. The molecule has 1 heterocycles. The Morgan fingerprint density at radius 3 is 2.50 bits per heavy atom. The third kappa shape index (κ3) is 5.89. The van der Waals surface area contributed by atoms with Gasteiger partial charge in [0.05, 0.1) is 6.26 Å². The summed E-state index contributed by atoms with van der Waals surface area (Å²) in [6.45, 7) is 5.45. The van der Waals surface area contributed by atoms with Gasteiger partial charge in [0.2, 0.25) is 0 Å². The lowest BCUT2D eigenvalue weighted by Gasteiger charge is -2.27. The van der Waals surface area contributed by atoms with Crippen molar-refractivity contribution in [2.45, 2.75) is 58.5 Å². The Bertz CT molecular complexity index is 603. The van der Waals surface area contributed by atoms with E-state index in [4.69, 9.17) is 9.15 Å². The molecule has 1 fully saturated rings. The zero-order valence-electron chi connectivity index (χ0n) is 15.6. The number of furan rings is 1. The van der Waals surface area contributed by atoms with Gasteiger partial charge in [0.1, 0.15) is 6.04 Å². The first-order valence-corrected chi connectivity index (χ1v) is 9.17. The molecule has 7 nitrogen and oxygen atoms in total. The van der Waals surface area contributed by atoms with Crippen LogP contribution >= 0.6 is 0 Å². The summed E-state index contributed by atoms with van der Waals surface area (Å²) >= 11 is 0. The van der Waals surface area contributed by atoms with E-state index in [0.717, 1.165) is 25.7 Å². The average Bonchev–Trinajstić information content (AvgIpc) is 3.14. The summed E-state index contributed by atoms with van der Waals surface area (Å²) in [5.74, 6) is -0.806. The highest BCUT2D eigenvalue weighted by atomic mass is 16.5. The summed E-state index contributed by atoms with van der Waals surface area (Å²) in [5.41, 5.74) is 0. The van der Waals surface area contributed by atoms with Gasteiger partial charge in [-0.2, -0.15) is 0 Å². The Kier molecular flexibility index (Phi) is 7.24. The molecule has 0 aliphatic heterocycles. The van der Waals surface area contributed by atoms with Crippen molar-refractivity contribution in [1.82, 2.24) is 10.6 Å². The van der Waals surface area contributed by atoms with Crippen molar-refractivity contribution < 1.29 is 23.5 Å². The Morgan fingerprint density at radius 2 is 1.92 bits per heavy atom. The highest BCUT2D eigenvalue weighted by Crippen LogP contribution is 2.23. The maximum absolute atomic E-state index is 12.3. The fourth-order valence-electron chi connectivity index (χ4n) is 3.02. The van der Waals surface area contributed by atoms with Crippen LogP contribution < -0.4 is 10.6 Å². The fraction of sp³-hybridized carbons (Fsp3) is 0.632. The summed E-state index contributed by atoms with van der Waals surface area (Å²) < 4.78 is 10.1. The van der Waals surface area contributed by atoms with Crippen molar-refractivity contribution in [3.05, 3.63) is 24.2 Å². The first kappa shape index (κ1) is 20.0. The second kappa shape index (κ2) is 9.40. The molecule has 0 aromatic carbocycles. The minimum absolute atomic E-state index is 0.118. The van der Waals surface area contributed by atoms with Crippen LogP contribution in [0, 0.1) is 11.8 Å². The van der Waals surface area contributed by atoms with Gasteiger partial charge in [-0.25, -0.2) is 4.79 Å². The summed E-state index contributed by atoms with van der Waals surface area (Å²) in [7, 11) is 0. The van der Waals surface area contributed by atoms with Crippen molar-refractivity contribution >= 4 is 17.8 Å². The quantitative estimate of drug-likeness (QED) is 0.723. The number of hydrogen-bond acceptors (Lipinski definition) is 5. The number of nitrogens with one attached hydrogen (secondary N) is 2. The van der Waals surface area contributed by atoms with Gasteiger partial charge in [0.15, 0.2) is 12.4 Å². The molecule has 1 atom stereocenters. The average molecular weight is 364 g/mol. The van der Waals surface area contributed by atoms with Crippen molar-refractivity contribution in [1.29, 1.82) is 0 Å². The first-order chi connectivity index (χ1) is 12.4. The molecule has 1 aromatic heterocycles. The van der Waals surface area contributed by atoms with Crippen LogP contribution in [0.3, 0.4) is 0 Å². The number of rotatable bonds is 7. The summed E-state index contributed by atoms with van der Waals surface area (Å²) in [6.07, 6.45) is 5.48. The molecule has 1 saturated carbocycles. The van der Waals surface area contributed by atoms with Crippen LogP contribution in [-0.4, -0.2) is 36.5 Å². The molecule has 7 heteroatoms. The molecule has 1 aliphatic rings. The Balaban J connectivity index is 1.79. The molecule has 0 radical (unpaired) electrons. The molecule has 1 unspecified atom stereocenters. The van der Waals surface area contributed by atoms with E-state index in [1.165, 1.54) is 12.3 Å². The van der Waals surface area contributed by atoms with Crippen molar-refractivity contribution in [3.63, 3.8) is 0 Å². The second-order valence-corrected chi connectivity index (χ2v) is 7.30. The highest BCUT2D eigenvalue weighted by Gasteiger charge is 2.28. The Labute approximate surface area is 153 Å². The van der Waals surface area contributed by atoms with Gasteiger partial charge in [-0.3, -0.25) is 9.59 Å². The first-order valence-electron chi connectivity index (χ1n) is 9.17. The molecule has 2 N–H and O–H groups in total. The second-order valence-electron chi connectivity index (χ2n) is 7.30. The third-order valence-electron chi connectivity index (χ3n) is 4.68. The SMILES string of the molecule is CC1CCC(NC(=O)COC(=O)C(NC(=O)c2ccco2)C(C)C)CC1. The van der Waals surface area contributed by atoms with E-state index in [2.05, 4.69) is 17.6 Å². The van der Waals surface area contributed by atoms with E-state index in [-0.39, 0.29) is 30.2 Å². The van der Waals surface area contributed by atoms with E-state index in [9.17, 15) is 14.4 Å². The van der Waals surface area contributed by atoms with E-state index in [0.29, 0.717) is 5.92 Å². The third-order valence-corrected chi connectivity index (χ3v) is 4.68. The molecule has 26 heavy (non-hydrogen) atoms. The van der Waals surface area contributed by atoms with Gasteiger partial charge >= 0.3 is 5.97 Å². The number of hydrogen-bond donors (Lipinski definition) is 2. The summed E-state index contributed by atoms with van der Waals surface area (Å²) in [6, 6.07) is 2.40. The molecular formula is C19H28N2O5. The van der Waals surface area contributed by atoms with Crippen LogP contribution in [0.15, 0.2) is 22.8 Å². The predicted molar refractivity (Wildman–Crippen MR) is 95.3 cm³/mol. The number of esters is 1. The van der Waals surface area contributed by atoms with Gasteiger partial charge in [0.25, 0.3) is 11.8 Å². The van der Waals surface area contributed by atoms with Gasteiger partial charge in [0, 0.05) is 6.04 Å². The normalized spacial score (nSPS) is 21.1. The zero-order chi connectivity index (χ0) is 19.1. The molecule has 1 aromatic rings. The lowest BCUT2D eigenvalue weighted by atomic mass is 9.87. The Morgan fingerprint density at radius 1 is 1.23 bits per heavy atom. The summed E-state index contributed by atoms with van der Waals surface area (Å²) in [5, 5.41) is 5.50. The number of amides is 2. The van der Waals surface area contributed by atoms with Crippen LogP contribution in [-0.2, 0) is 14.3 Å². The van der Waals surface area contributed by atoms with Crippen LogP contribution in [0.25, 0.3) is 0 Å². The van der Waals surface area contributed by atoms with E-state index < -0.39 is 17.9 Å². The largest absolute Gasteiger partial charge is 0.459 e. The minimum atomic E-state index is -0.851. The predicted octanol–water partition coefficient (Wildman–Crippen LogP) is 2.27. The smallest absolute Gasteiger partial charge is 0.329 e. The molecule has 144 valence electrons. The topological polar surface area (TPSA) is 97.6 Å². The number of ether oxygens (including phenoxy) is 1. The van der Waals surface area contributed by atoms with Crippen molar-refractivity contribution in [3.8, 4) is 0 Å². The molecule has 0 saturated heterocycles. The fourth-order valence-corrected chi connectivity index (χ4v) is 3.02. The van der Waals surface area contributed by atoms with E-state index >= 15 is 0 Å². The van der Waals surface area contributed by atoms with Gasteiger partial charge in [-0.1, -0.05) is 20.8 Å². The van der Waals surface area contributed by atoms with Crippen LogP contribution in [0.1, 0.15) is 57.0 Å². The molecule has 0 spiro atoms. The van der Waals surface area contributed by atoms with Crippen LogP contribution in [0.5, 0.6) is 0 Å². The number of carbonyl (C=O) groups is 3. The number of carbonyl (C=O) groups excluding carboxylic acids is 3. The molecule has 2 rings (SSSR count). The van der Waals surface area contributed by atoms with Gasteiger partial charge in [-0.15, -0.1) is 0 Å². The van der Waals surface area contributed by atoms with E-state index in [1.807, 2.05) is 0 Å². The highest BCUT2D eigenvalue weighted by molar-refractivity contribution is 5.94. The zero-order valence-corrected chi connectivity index (χ0v) is 15.6. The standard InChI is InChI=1S/C19H28N2O5/c1-12(2)17(21-18(23)15-5-4-10-25-15)19(24)26-11-16(22)20-14-8-6-13(3)7-9-14/h4-5,10,12-14,17H,6-9,11H2,1-3H3,(H,20,22)(H,21,23). The summed E-state index contributed by atoms with van der Waals surface area (Å²) in [4.78, 5) is 36.4. The lowest BCUT2D eigenvalue weighted by Crippen LogP contribution is -2.46. The molecule has 1 aliphatic carbocycles. The lowest BCUT2D eigenvalue weighted by molar-refractivity contribution is -0.151. The molecule has 0 bridgehead atoms. The maximum Gasteiger partial charge on any atom is 0.329 e. The van der Waals surface area contributed by atoms with E-state index in [1.54, 1.807) is 19.9 Å². The van der Waals surface area contributed by atoms with Crippen molar-refractivity contribution in [2.75, 3.05) is 6.61 Å². The Hall–Kier alpha value is -2.31. The maximum atomic E-state index is 12.3. The van der Waals surface area contributed by atoms with Crippen LogP contribution in [0.2, 0.25) is 0 Å². The molecular weight excluding hydrogens is 336 g/mol. The monoisotopic (exact) mass is 364 g/mol. The molecule has 2 amide bonds. The van der Waals surface area contributed by atoms with Crippen molar-refractivity contribution in [2.24, 2.45) is 11.8 Å². The van der Waals surface area contributed by atoms with Gasteiger partial charge in [-0.05, 0) is 49.7 Å². The van der Waals surface area contributed by atoms with Gasteiger partial charge < -0.3 is 19.8 Å².